The van der Waals surface area contributed by atoms with E-state index in [-0.39, 0.29) is 5.56 Å². The maximum absolute atomic E-state index is 10.5. The fourth-order valence-corrected chi connectivity index (χ4v) is 1.23. The highest BCUT2D eigenvalue weighted by Gasteiger charge is 2.20. The summed E-state index contributed by atoms with van der Waals surface area (Å²) in [7, 11) is 1.39. The van der Waals surface area contributed by atoms with Gasteiger partial charge in [0.2, 0.25) is 0 Å². The molecular weight excluding hydrogens is 208 g/mol. The molecule has 1 atom stereocenters. The Kier molecular flexibility index (Phi) is 3.33. The minimum atomic E-state index is -1.62. The van der Waals surface area contributed by atoms with Crippen molar-refractivity contribution in [3.05, 3.63) is 28.8 Å². The number of carbonyl (C=O) groups is 1. The molecule has 0 aliphatic carbocycles. The number of carboxylic acid groups (broad SMARTS) is 1. The van der Waals surface area contributed by atoms with E-state index in [1.54, 1.807) is 6.07 Å². The van der Waals surface area contributed by atoms with Gasteiger partial charge < -0.3 is 14.9 Å². The number of benzene rings is 1. The lowest BCUT2D eigenvalue weighted by atomic mass is 10.1. The average molecular weight is 217 g/mol. The Labute approximate surface area is 85.7 Å². The first-order valence-electron chi connectivity index (χ1n) is 3.80. The summed E-state index contributed by atoms with van der Waals surface area (Å²) < 4.78 is 4.89. The quantitative estimate of drug-likeness (QED) is 0.803. The Hall–Kier alpha value is -1.26. The Morgan fingerprint density at radius 1 is 1.57 bits per heavy atom. The van der Waals surface area contributed by atoms with Gasteiger partial charge in [-0.15, -0.1) is 0 Å². The number of hydrogen-bond donors (Lipinski definition) is 2. The third-order valence-electron chi connectivity index (χ3n) is 1.72. The van der Waals surface area contributed by atoms with E-state index in [9.17, 15) is 9.90 Å². The zero-order chi connectivity index (χ0) is 10.7. The van der Waals surface area contributed by atoms with Crippen LogP contribution in [0.5, 0.6) is 5.75 Å². The van der Waals surface area contributed by atoms with Gasteiger partial charge in [0, 0.05) is 10.6 Å². The smallest absolute Gasteiger partial charge is 0.337 e. The van der Waals surface area contributed by atoms with Crippen LogP contribution in [-0.2, 0) is 4.79 Å². The number of carboxylic acids is 1. The third kappa shape index (κ3) is 2.16. The first-order chi connectivity index (χ1) is 6.56. The van der Waals surface area contributed by atoms with Crippen LogP contribution in [0, 0.1) is 0 Å². The molecule has 2 N–H and O–H groups in total. The van der Waals surface area contributed by atoms with Crippen LogP contribution in [-0.4, -0.2) is 23.3 Å². The Morgan fingerprint density at radius 3 is 2.71 bits per heavy atom. The SMILES string of the molecule is COc1ccc(Cl)cc1[C@@H](O)C(=O)O. The van der Waals surface area contributed by atoms with Crippen LogP contribution in [0.4, 0.5) is 0 Å². The van der Waals surface area contributed by atoms with Gasteiger partial charge in [0.25, 0.3) is 0 Å². The normalized spacial score (nSPS) is 12.2. The van der Waals surface area contributed by atoms with Crippen LogP contribution in [0.15, 0.2) is 18.2 Å². The summed E-state index contributed by atoms with van der Waals surface area (Å²) in [5.74, 6) is -1.05. The Morgan fingerprint density at radius 2 is 2.21 bits per heavy atom. The second kappa shape index (κ2) is 4.30. The molecule has 0 spiro atoms. The molecule has 0 bridgehead atoms. The molecule has 0 unspecified atom stereocenters. The first kappa shape index (κ1) is 10.8. The van der Waals surface area contributed by atoms with Gasteiger partial charge >= 0.3 is 5.97 Å². The van der Waals surface area contributed by atoms with Gasteiger partial charge in [-0.1, -0.05) is 11.6 Å². The van der Waals surface area contributed by atoms with Crippen molar-refractivity contribution >= 4 is 17.6 Å². The van der Waals surface area contributed by atoms with Gasteiger partial charge in [-0.25, -0.2) is 4.79 Å². The van der Waals surface area contributed by atoms with E-state index in [0.29, 0.717) is 10.8 Å². The first-order valence-corrected chi connectivity index (χ1v) is 4.18. The molecule has 0 aliphatic rings. The Bertz CT molecular complexity index is 351. The van der Waals surface area contributed by atoms with Gasteiger partial charge in [0.1, 0.15) is 5.75 Å². The molecule has 0 radical (unpaired) electrons. The lowest BCUT2D eigenvalue weighted by molar-refractivity contribution is -0.147. The van der Waals surface area contributed by atoms with Gasteiger partial charge in [0.15, 0.2) is 6.10 Å². The van der Waals surface area contributed by atoms with Crippen LogP contribution in [0.25, 0.3) is 0 Å². The van der Waals surface area contributed by atoms with Crippen molar-refractivity contribution in [3.8, 4) is 5.75 Å². The van der Waals surface area contributed by atoms with E-state index in [0.717, 1.165) is 0 Å². The fraction of sp³-hybridized carbons (Fsp3) is 0.222. The lowest BCUT2D eigenvalue weighted by Gasteiger charge is -2.11. The summed E-state index contributed by atoms with van der Waals surface area (Å²) in [4.78, 5) is 10.5. The monoisotopic (exact) mass is 216 g/mol. The summed E-state index contributed by atoms with van der Waals surface area (Å²) in [6.07, 6.45) is -1.62. The summed E-state index contributed by atoms with van der Waals surface area (Å²) in [6, 6.07) is 4.42. The van der Waals surface area contributed by atoms with Crippen molar-refractivity contribution in [1.29, 1.82) is 0 Å². The standard InChI is InChI=1S/C9H9ClO4/c1-14-7-3-2-5(10)4-6(7)8(11)9(12)13/h2-4,8,11H,1H3,(H,12,13)/t8-/m1/s1. The topological polar surface area (TPSA) is 66.8 Å². The molecule has 0 amide bonds. The molecule has 5 heteroatoms. The number of methoxy groups -OCH3 is 1. The van der Waals surface area contributed by atoms with Gasteiger partial charge in [-0.05, 0) is 18.2 Å². The highest BCUT2D eigenvalue weighted by molar-refractivity contribution is 6.30. The molecule has 1 rings (SSSR count). The van der Waals surface area contributed by atoms with E-state index in [4.69, 9.17) is 21.4 Å². The number of aliphatic carboxylic acids is 1. The summed E-state index contributed by atoms with van der Waals surface area (Å²) in [5.41, 5.74) is 0.146. The van der Waals surface area contributed by atoms with E-state index in [1.165, 1.54) is 19.2 Å². The molecule has 1 aromatic rings. The molecule has 0 aliphatic heterocycles. The van der Waals surface area contributed by atoms with Crippen molar-refractivity contribution in [1.82, 2.24) is 0 Å². The maximum Gasteiger partial charge on any atom is 0.337 e. The zero-order valence-corrected chi connectivity index (χ0v) is 8.15. The number of ether oxygens (including phenoxy) is 1. The van der Waals surface area contributed by atoms with Gasteiger partial charge in [-0.3, -0.25) is 0 Å². The number of halogens is 1. The van der Waals surface area contributed by atoms with E-state index in [1.807, 2.05) is 0 Å². The molecule has 0 aromatic heterocycles. The van der Waals surface area contributed by atoms with Crippen molar-refractivity contribution in [3.63, 3.8) is 0 Å². The largest absolute Gasteiger partial charge is 0.496 e. The number of hydrogen-bond acceptors (Lipinski definition) is 3. The summed E-state index contributed by atoms with van der Waals surface area (Å²) in [5, 5.41) is 18.2. The van der Waals surface area contributed by atoms with Crippen molar-refractivity contribution < 1.29 is 19.7 Å². The van der Waals surface area contributed by atoms with Crippen LogP contribution >= 0.6 is 11.6 Å². The molecule has 0 fully saturated rings. The van der Waals surface area contributed by atoms with Crippen molar-refractivity contribution in [2.75, 3.05) is 7.11 Å². The summed E-state index contributed by atoms with van der Waals surface area (Å²) >= 11 is 5.66. The second-order valence-corrected chi connectivity index (χ2v) is 3.06. The van der Waals surface area contributed by atoms with Crippen LogP contribution in [0.3, 0.4) is 0 Å². The molecule has 14 heavy (non-hydrogen) atoms. The molecule has 76 valence electrons. The summed E-state index contributed by atoms with van der Waals surface area (Å²) in [6.45, 7) is 0. The van der Waals surface area contributed by atoms with Crippen LogP contribution in [0.1, 0.15) is 11.7 Å². The van der Waals surface area contributed by atoms with E-state index in [2.05, 4.69) is 0 Å². The van der Waals surface area contributed by atoms with Crippen LogP contribution in [0.2, 0.25) is 5.02 Å². The van der Waals surface area contributed by atoms with Gasteiger partial charge in [-0.2, -0.15) is 0 Å². The zero-order valence-electron chi connectivity index (χ0n) is 7.40. The molecule has 4 nitrogen and oxygen atoms in total. The predicted octanol–water partition coefficient (Wildman–Crippen LogP) is 1.47. The average Bonchev–Trinajstić information content (AvgIpc) is 2.16. The maximum atomic E-state index is 10.5. The minimum absolute atomic E-state index is 0.146. The number of rotatable bonds is 3. The van der Waals surface area contributed by atoms with Crippen molar-refractivity contribution in [2.45, 2.75) is 6.10 Å². The number of aliphatic hydroxyl groups excluding tert-OH is 1. The molecule has 0 heterocycles. The third-order valence-corrected chi connectivity index (χ3v) is 1.96. The van der Waals surface area contributed by atoms with Crippen molar-refractivity contribution in [2.24, 2.45) is 0 Å². The molecule has 0 saturated heterocycles. The minimum Gasteiger partial charge on any atom is -0.496 e. The highest BCUT2D eigenvalue weighted by Crippen LogP contribution is 2.28. The second-order valence-electron chi connectivity index (χ2n) is 2.63. The molecule has 1 aromatic carbocycles. The number of aliphatic hydroxyl groups is 1. The lowest BCUT2D eigenvalue weighted by Crippen LogP contribution is -2.11. The highest BCUT2D eigenvalue weighted by atomic mass is 35.5. The molecule has 0 saturated carbocycles. The predicted molar refractivity (Wildman–Crippen MR) is 50.6 cm³/mol. The Balaban J connectivity index is 3.16. The van der Waals surface area contributed by atoms with Gasteiger partial charge in [0.05, 0.1) is 7.11 Å². The van der Waals surface area contributed by atoms with E-state index >= 15 is 0 Å². The fourth-order valence-electron chi connectivity index (χ4n) is 1.05. The van der Waals surface area contributed by atoms with E-state index < -0.39 is 12.1 Å². The van der Waals surface area contributed by atoms with Crippen LogP contribution < -0.4 is 4.74 Å². The molecular formula is C9H9ClO4.